The van der Waals surface area contributed by atoms with E-state index in [0.29, 0.717) is 6.16 Å². The summed E-state index contributed by atoms with van der Waals surface area (Å²) in [5, 5.41) is 0. The average Bonchev–Trinajstić information content (AvgIpc) is 1.81. The predicted octanol–water partition coefficient (Wildman–Crippen LogP) is 1.88. The molecule has 0 heterocycles. The summed E-state index contributed by atoms with van der Waals surface area (Å²) in [5.41, 5.74) is 0. The molecule has 0 aliphatic heterocycles. The standard InChI is InChI=1S/C8H20NO2P/c1-8(2)11-12(5,10)7-6-9(3)4/h8H,6-7H2,1-5H3. The van der Waals surface area contributed by atoms with Gasteiger partial charge in [-0.2, -0.15) is 0 Å². The second-order valence-corrected chi connectivity index (χ2v) is 6.38. The molecule has 0 bridgehead atoms. The molecule has 1 unspecified atom stereocenters. The molecule has 0 spiro atoms. The molecule has 0 aromatic rings. The van der Waals surface area contributed by atoms with E-state index >= 15 is 0 Å². The Morgan fingerprint density at radius 1 is 1.42 bits per heavy atom. The number of nitrogens with zero attached hydrogens (tertiary/aromatic N) is 1. The van der Waals surface area contributed by atoms with E-state index in [1.807, 2.05) is 32.8 Å². The summed E-state index contributed by atoms with van der Waals surface area (Å²) >= 11 is 0. The maximum atomic E-state index is 11.7. The molecule has 0 aromatic carbocycles. The molecule has 0 saturated heterocycles. The zero-order chi connectivity index (χ0) is 9.78. The van der Waals surface area contributed by atoms with Crippen molar-refractivity contribution in [2.75, 3.05) is 33.5 Å². The van der Waals surface area contributed by atoms with Gasteiger partial charge in [-0.1, -0.05) is 0 Å². The fourth-order valence-corrected chi connectivity index (χ4v) is 2.64. The van der Waals surface area contributed by atoms with Gasteiger partial charge in [-0.05, 0) is 27.9 Å². The van der Waals surface area contributed by atoms with Crippen molar-refractivity contribution >= 4 is 7.37 Å². The number of hydrogen-bond acceptors (Lipinski definition) is 3. The minimum atomic E-state index is -2.34. The summed E-state index contributed by atoms with van der Waals surface area (Å²) in [7, 11) is 1.59. The van der Waals surface area contributed by atoms with Crippen molar-refractivity contribution in [1.29, 1.82) is 0 Å². The lowest BCUT2D eigenvalue weighted by atomic mass is 10.5. The molecule has 0 amide bonds. The van der Waals surface area contributed by atoms with E-state index in [4.69, 9.17) is 4.52 Å². The third-order valence-electron chi connectivity index (χ3n) is 1.39. The first kappa shape index (κ1) is 12.2. The van der Waals surface area contributed by atoms with Crippen LogP contribution < -0.4 is 0 Å². The third kappa shape index (κ3) is 6.84. The van der Waals surface area contributed by atoms with Crippen molar-refractivity contribution in [2.24, 2.45) is 0 Å². The first-order valence-electron chi connectivity index (χ1n) is 4.23. The van der Waals surface area contributed by atoms with E-state index in [2.05, 4.69) is 0 Å². The topological polar surface area (TPSA) is 29.5 Å². The Hall–Kier alpha value is 0.150. The Morgan fingerprint density at radius 2 is 1.92 bits per heavy atom. The minimum absolute atomic E-state index is 0.0583. The molecule has 3 nitrogen and oxygen atoms in total. The van der Waals surface area contributed by atoms with Crippen LogP contribution in [-0.2, 0) is 9.09 Å². The molecule has 0 fully saturated rings. The second kappa shape index (κ2) is 5.00. The van der Waals surface area contributed by atoms with Crippen LogP contribution in [0.15, 0.2) is 0 Å². The van der Waals surface area contributed by atoms with Crippen LogP contribution in [-0.4, -0.2) is 44.5 Å². The van der Waals surface area contributed by atoms with E-state index in [0.717, 1.165) is 6.54 Å². The second-order valence-electron chi connectivity index (χ2n) is 3.70. The molecular weight excluding hydrogens is 173 g/mol. The summed E-state index contributed by atoms with van der Waals surface area (Å²) in [6.45, 7) is 6.34. The van der Waals surface area contributed by atoms with E-state index in [1.165, 1.54) is 0 Å². The highest BCUT2D eigenvalue weighted by molar-refractivity contribution is 7.58. The van der Waals surface area contributed by atoms with Crippen molar-refractivity contribution in [2.45, 2.75) is 20.0 Å². The van der Waals surface area contributed by atoms with Gasteiger partial charge in [0.25, 0.3) is 0 Å². The summed E-state index contributed by atoms with van der Waals surface area (Å²) in [6, 6.07) is 0. The lowest BCUT2D eigenvalue weighted by Crippen LogP contribution is -2.17. The molecule has 0 aromatic heterocycles. The quantitative estimate of drug-likeness (QED) is 0.624. The van der Waals surface area contributed by atoms with Crippen LogP contribution >= 0.6 is 7.37 Å². The van der Waals surface area contributed by atoms with Gasteiger partial charge >= 0.3 is 0 Å². The van der Waals surface area contributed by atoms with Crippen molar-refractivity contribution in [3.8, 4) is 0 Å². The van der Waals surface area contributed by atoms with Crippen LogP contribution in [0.4, 0.5) is 0 Å². The average molecular weight is 193 g/mol. The minimum Gasteiger partial charge on any atom is -0.326 e. The zero-order valence-electron chi connectivity index (χ0n) is 8.70. The van der Waals surface area contributed by atoms with E-state index in [1.54, 1.807) is 6.66 Å². The molecule has 1 atom stereocenters. The van der Waals surface area contributed by atoms with E-state index < -0.39 is 7.37 Å². The number of rotatable bonds is 5. The smallest absolute Gasteiger partial charge is 0.201 e. The van der Waals surface area contributed by atoms with Crippen molar-refractivity contribution < 1.29 is 9.09 Å². The Kier molecular flexibility index (Phi) is 5.07. The molecule has 0 radical (unpaired) electrons. The van der Waals surface area contributed by atoms with Gasteiger partial charge in [0.1, 0.15) is 0 Å². The van der Waals surface area contributed by atoms with Crippen LogP contribution in [0.25, 0.3) is 0 Å². The molecule has 0 aliphatic rings. The maximum Gasteiger partial charge on any atom is 0.201 e. The van der Waals surface area contributed by atoms with Crippen molar-refractivity contribution in [3.63, 3.8) is 0 Å². The van der Waals surface area contributed by atoms with Gasteiger partial charge in [-0.3, -0.25) is 4.57 Å². The van der Waals surface area contributed by atoms with Gasteiger partial charge in [0.15, 0.2) is 0 Å². The largest absolute Gasteiger partial charge is 0.326 e. The van der Waals surface area contributed by atoms with Gasteiger partial charge < -0.3 is 9.42 Å². The number of hydrogen-bond donors (Lipinski definition) is 0. The summed E-state index contributed by atoms with van der Waals surface area (Å²) in [5.74, 6) is 0. The van der Waals surface area contributed by atoms with Gasteiger partial charge in [-0.15, -0.1) is 0 Å². The normalized spacial score (nSPS) is 16.9. The highest BCUT2D eigenvalue weighted by atomic mass is 31.2. The summed E-state index contributed by atoms with van der Waals surface area (Å²) in [4.78, 5) is 2.01. The molecule has 0 rings (SSSR count). The molecule has 0 N–H and O–H groups in total. The molecule has 74 valence electrons. The lowest BCUT2D eigenvalue weighted by Gasteiger charge is -2.18. The monoisotopic (exact) mass is 193 g/mol. The van der Waals surface area contributed by atoms with E-state index in [9.17, 15) is 4.57 Å². The summed E-state index contributed by atoms with van der Waals surface area (Å²) < 4.78 is 17.0. The first-order valence-corrected chi connectivity index (χ1v) is 6.49. The van der Waals surface area contributed by atoms with Gasteiger partial charge in [0.2, 0.25) is 7.37 Å². The molecule has 0 saturated carbocycles. The van der Waals surface area contributed by atoms with Gasteiger partial charge in [0.05, 0.1) is 6.10 Å². The first-order chi connectivity index (χ1) is 5.33. The van der Waals surface area contributed by atoms with Crippen LogP contribution in [0.2, 0.25) is 0 Å². The Morgan fingerprint density at radius 3 is 2.25 bits per heavy atom. The molecule has 12 heavy (non-hydrogen) atoms. The highest BCUT2D eigenvalue weighted by Crippen LogP contribution is 2.43. The highest BCUT2D eigenvalue weighted by Gasteiger charge is 2.17. The summed E-state index contributed by atoms with van der Waals surface area (Å²) in [6.07, 6.45) is 0.695. The predicted molar refractivity (Wildman–Crippen MR) is 53.2 cm³/mol. The Labute approximate surface area is 75.5 Å². The van der Waals surface area contributed by atoms with E-state index in [-0.39, 0.29) is 6.10 Å². The Bertz CT molecular complexity index is 168. The third-order valence-corrected chi connectivity index (χ3v) is 3.27. The van der Waals surface area contributed by atoms with Crippen LogP contribution in [0.1, 0.15) is 13.8 Å². The van der Waals surface area contributed by atoms with Crippen LogP contribution in [0.3, 0.4) is 0 Å². The maximum absolute atomic E-state index is 11.7. The van der Waals surface area contributed by atoms with Crippen LogP contribution in [0, 0.1) is 0 Å². The molecule has 4 heteroatoms. The van der Waals surface area contributed by atoms with Crippen molar-refractivity contribution in [1.82, 2.24) is 4.90 Å². The zero-order valence-corrected chi connectivity index (χ0v) is 9.60. The fraction of sp³-hybridized carbons (Fsp3) is 1.00. The molecular formula is C8H20NO2P. The fourth-order valence-electron chi connectivity index (χ4n) is 0.880. The molecule has 0 aliphatic carbocycles. The van der Waals surface area contributed by atoms with Gasteiger partial charge in [-0.25, -0.2) is 0 Å². The van der Waals surface area contributed by atoms with Gasteiger partial charge in [0, 0.05) is 19.4 Å². The Balaban J connectivity index is 3.80. The lowest BCUT2D eigenvalue weighted by molar-refractivity contribution is 0.244. The van der Waals surface area contributed by atoms with Crippen molar-refractivity contribution in [3.05, 3.63) is 0 Å². The van der Waals surface area contributed by atoms with Crippen LogP contribution in [0.5, 0.6) is 0 Å². The SMILES string of the molecule is CC(C)OP(C)(=O)CCN(C)C.